The Morgan fingerprint density at radius 1 is 0.173 bits per heavy atom. The van der Waals surface area contributed by atoms with Crippen molar-refractivity contribution in [2.24, 2.45) is 0 Å². The first-order chi connectivity index (χ1) is 51.5. The Labute approximate surface area is 598 Å². The van der Waals surface area contributed by atoms with E-state index in [1.165, 1.54) is 5.56 Å². The molecule has 0 saturated carbocycles. The smallest absolute Gasteiger partial charge is 0.160 e. The molecule has 4 heterocycles. The number of nitrogens with zero attached hydrogens (tertiary/aromatic N) is 2. The van der Waals surface area contributed by atoms with Gasteiger partial charge in [0.25, 0.3) is 0 Å². The SMILES string of the molecule is c1ccc(-c2ccc(N(c3ccc(-c4cccc5c4oc4ccccc45)cc3)c3cccc4c3oc3c(-c5ccccc5)cc5ccc(-c6ccc7oc8c(-c9ccc(N(c%10ccc(-c%11ccccc%11)cc%10)c%10cc%11ccccc%11c%11c%10oc%10ccccc%10%11)cc9)cccc8c7c6)cc5c34)cc2)cc1. The lowest BCUT2D eigenvalue weighted by atomic mass is 9.93. The lowest BCUT2D eigenvalue weighted by Gasteiger charge is -2.26. The van der Waals surface area contributed by atoms with E-state index >= 15 is 0 Å². The van der Waals surface area contributed by atoms with Gasteiger partial charge in [-0.25, -0.2) is 0 Å². The van der Waals surface area contributed by atoms with Gasteiger partial charge in [0.2, 0.25) is 0 Å². The number of rotatable bonds is 12. The average Bonchev–Trinajstić information content (AvgIpc) is 1.58. The van der Waals surface area contributed by atoms with Gasteiger partial charge in [0.1, 0.15) is 33.5 Å². The molecule has 0 unspecified atom stereocenters. The lowest BCUT2D eigenvalue weighted by Crippen LogP contribution is -2.10. The van der Waals surface area contributed by atoms with Gasteiger partial charge in [0.05, 0.1) is 11.4 Å². The van der Waals surface area contributed by atoms with E-state index in [0.717, 1.165) is 205 Å². The minimum Gasteiger partial charge on any atom is -0.455 e. The molecule has 6 heteroatoms. The summed E-state index contributed by atoms with van der Waals surface area (Å²) in [6.45, 7) is 0. The third-order valence-electron chi connectivity index (χ3n) is 21.1. The summed E-state index contributed by atoms with van der Waals surface area (Å²) in [5.41, 5.74) is 25.7. The summed E-state index contributed by atoms with van der Waals surface area (Å²) in [5.74, 6) is 0. The number of anilines is 6. The quantitative estimate of drug-likeness (QED) is 0.121. The van der Waals surface area contributed by atoms with Gasteiger partial charge < -0.3 is 27.5 Å². The van der Waals surface area contributed by atoms with Gasteiger partial charge in [0.15, 0.2) is 11.2 Å². The summed E-state index contributed by atoms with van der Waals surface area (Å²) < 4.78 is 27.9. The van der Waals surface area contributed by atoms with Crippen molar-refractivity contribution in [1.82, 2.24) is 0 Å². The minimum absolute atomic E-state index is 0.790. The lowest BCUT2D eigenvalue weighted by molar-refractivity contribution is 0.669. The van der Waals surface area contributed by atoms with E-state index in [4.69, 9.17) is 17.7 Å². The summed E-state index contributed by atoms with van der Waals surface area (Å²) in [5, 5.41) is 13.1. The van der Waals surface area contributed by atoms with Crippen LogP contribution in [0.4, 0.5) is 34.1 Å². The van der Waals surface area contributed by atoms with Gasteiger partial charge in [-0.2, -0.15) is 0 Å². The van der Waals surface area contributed by atoms with Crippen LogP contribution in [0, 0.1) is 0 Å². The van der Waals surface area contributed by atoms with Crippen LogP contribution in [0.2, 0.25) is 0 Å². The molecule has 0 radical (unpaired) electrons. The molecule has 0 aliphatic carbocycles. The van der Waals surface area contributed by atoms with Crippen molar-refractivity contribution >= 4 is 143 Å². The highest BCUT2D eigenvalue weighted by Crippen LogP contribution is 2.51. The molecule has 0 aliphatic heterocycles. The molecule has 21 aromatic rings. The molecule has 0 bridgehead atoms. The van der Waals surface area contributed by atoms with E-state index < -0.39 is 0 Å². The third-order valence-corrected chi connectivity index (χ3v) is 21.1. The molecule has 486 valence electrons. The third kappa shape index (κ3) is 9.65. The number of furan rings is 4. The monoisotopic (exact) mass is 1330 g/mol. The minimum atomic E-state index is 0.790. The summed E-state index contributed by atoms with van der Waals surface area (Å²) in [6, 6.07) is 130. The van der Waals surface area contributed by atoms with Crippen LogP contribution in [0.25, 0.3) is 176 Å². The number of fused-ring (bicyclic) bond motifs is 16. The van der Waals surface area contributed by atoms with Crippen molar-refractivity contribution in [2.45, 2.75) is 0 Å². The Morgan fingerprint density at radius 3 is 1.17 bits per heavy atom. The molecule has 0 amide bonds. The van der Waals surface area contributed by atoms with Gasteiger partial charge in [-0.15, -0.1) is 0 Å². The normalized spacial score (nSPS) is 11.8. The first-order valence-electron chi connectivity index (χ1n) is 35.3. The Balaban J connectivity index is 0.672. The Kier molecular flexibility index (Phi) is 13.5. The Bertz CT molecular complexity index is 6930. The van der Waals surface area contributed by atoms with E-state index in [2.05, 4.69) is 356 Å². The number of para-hydroxylation sites is 5. The summed E-state index contributed by atoms with van der Waals surface area (Å²) in [4.78, 5) is 4.66. The second-order valence-corrected chi connectivity index (χ2v) is 27.0. The fourth-order valence-corrected chi connectivity index (χ4v) is 16.1. The zero-order valence-corrected chi connectivity index (χ0v) is 56.2. The Morgan fingerprint density at radius 2 is 0.567 bits per heavy atom. The van der Waals surface area contributed by atoms with E-state index in [1.54, 1.807) is 0 Å². The van der Waals surface area contributed by atoms with Crippen molar-refractivity contribution in [2.75, 3.05) is 9.80 Å². The number of hydrogen-bond acceptors (Lipinski definition) is 6. The van der Waals surface area contributed by atoms with Crippen LogP contribution in [0.5, 0.6) is 0 Å². The molecule has 0 spiro atoms. The van der Waals surface area contributed by atoms with Crippen molar-refractivity contribution in [1.29, 1.82) is 0 Å². The van der Waals surface area contributed by atoms with Gasteiger partial charge in [-0.05, 0) is 169 Å². The average molecular weight is 1330 g/mol. The number of hydrogen-bond donors (Lipinski definition) is 0. The first kappa shape index (κ1) is 59.0. The number of benzene rings is 17. The summed E-state index contributed by atoms with van der Waals surface area (Å²) in [6.07, 6.45) is 0. The molecule has 0 saturated heterocycles. The summed E-state index contributed by atoms with van der Waals surface area (Å²) in [7, 11) is 0. The molecule has 0 N–H and O–H groups in total. The molecular weight excluding hydrogens is 1270 g/mol. The van der Waals surface area contributed by atoms with E-state index in [1.807, 2.05) is 18.2 Å². The van der Waals surface area contributed by atoms with Crippen LogP contribution in [-0.2, 0) is 0 Å². The van der Waals surface area contributed by atoms with Crippen LogP contribution < -0.4 is 9.80 Å². The zero-order valence-electron chi connectivity index (χ0n) is 56.2. The van der Waals surface area contributed by atoms with Crippen LogP contribution in [0.3, 0.4) is 0 Å². The van der Waals surface area contributed by atoms with E-state index in [9.17, 15) is 0 Å². The van der Waals surface area contributed by atoms with Crippen LogP contribution in [-0.4, -0.2) is 0 Å². The van der Waals surface area contributed by atoms with Crippen molar-refractivity contribution < 1.29 is 17.7 Å². The van der Waals surface area contributed by atoms with E-state index in [-0.39, 0.29) is 0 Å². The molecule has 0 aliphatic rings. The standard InChI is InChI=1S/C98H60N2O4/c1-4-19-61(20-5-1)63-39-48-72(49-40-63)99(73-52-43-66(44-53-73)77-29-16-31-80-79-27-12-14-35-89(79)101-94(77)80)87-34-18-33-83-93-84-57-68(37-38-71(84)59-85(97(93)104-96(83)87)65-23-8-3-9-24-65)69-47-56-91-86(58-69)81-32-17-30-78(95(81)102-91)67-45-54-75(55-46-67)100(74-50-41-64(42-51-74)62-21-6-2-7-22-62)88-60-70-25-10-11-26-76(70)92-82-28-13-15-36-90(82)103-98(88)92/h1-60H. The molecule has 6 nitrogen and oxygen atoms in total. The largest absolute Gasteiger partial charge is 0.455 e. The maximum absolute atomic E-state index is 7.50. The second kappa shape index (κ2) is 23.9. The molecule has 104 heavy (non-hydrogen) atoms. The van der Waals surface area contributed by atoms with Crippen LogP contribution in [0.15, 0.2) is 382 Å². The fourth-order valence-electron chi connectivity index (χ4n) is 16.1. The highest BCUT2D eigenvalue weighted by molar-refractivity contribution is 6.26. The van der Waals surface area contributed by atoms with E-state index in [0.29, 0.717) is 0 Å². The molecule has 0 atom stereocenters. The predicted octanol–water partition coefficient (Wildman–Crippen LogP) is 28.5. The maximum atomic E-state index is 7.50. The zero-order chi connectivity index (χ0) is 68.3. The predicted molar refractivity (Wildman–Crippen MR) is 433 cm³/mol. The van der Waals surface area contributed by atoms with Crippen LogP contribution in [0.1, 0.15) is 0 Å². The van der Waals surface area contributed by atoms with Crippen LogP contribution >= 0.6 is 0 Å². The second-order valence-electron chi connectivity index (χ2n) is 27.0. The molecule has 21 rings (SSSR count). The van der Waals surface area contributed by atoms with Gasteiger partial charge >= 0.3 is 0 Å². The topological polar surface area (TPSA) is 59.0 Å². The Hall–Kier alpha value is -13.9. The fraction of sp³-hybridized carbons (Fsp3) is 0. The highest BCUT2D eigenvalue weighted by atomic mass is 16.3. The van der Waals surface area contributed by atoms with Gasteiger partial charge in [-0.3, -0.25) is 0 Å². The van der Waals surface area contributed by atoms with Crippen molar-refractivity contribution in [3.05, 3.63) is 364 Å². The van der Waals surface area contributed by atoms with Gasteiger partial charge in [-0.1, -0.05) is 267 Å². The van der Waals surface area contributed by atoms with Crippen molar-refractivity contribution in [3.63, 3.8) is 0 Å². The summed E-state index contributed by atoms with van der Waals surface area (Å²) >= 11 is 0. The first-order valence-corrected chi connectivity index (χ1v) is 35.3. The van der Waals surface area contributed by atoms with Gasteiger partial charge in [0, 0.05) is 82.5 Å². The molecule has 17 aromatic carbocycles. The molecular formula is C98H60N2O4. The highest BCUT2D eigenvalue weighted by Gasteiger charge is 2.27. The maximum Gasteiger partial charge on any atom is 0.160 e. The van der Waals surface area contributed by atoms with Crippen molar-refractivity contribution in [3.8, 4) is 66.8 Å². The molecule has 4 aromatic heterocycles. The molecule has 0 fully saturated rings.